The maximum atomic E-state index is 10.8. The van der Waals surface area contributed by atoms with Gasteiger partial charge in [-0.2, -0.15) is 0 Å². The van der Waals surface area contributed by atoms with Crippen LogP contribution >= 0.6 is 11.9 Å². The molecule has 2 N–H and O–H groups in total. The van der Waals surface area contributed by atoms with E-state index in [0.29, 0.717) is 0 Å². The molecule has 0 fully saturated rings. The van der Waals surface area contributed by atoms with E-state index in [4.69, 9.17) is 0 Å². The van der Waals surface area contributed by atoms with Gasteiger partial charge in [-0.1, -0.05) is 24.3 Å². The Kier molecular flexibility index (Phi) is 3.64. The minimum Gasteiger partial charge on any atom is -0.341 e. The highest BCUT2D eigenvalue weighted by molar-refractivity contribution is 8.01. The molecule has 0 bridgehead atoms. The third kappa shape index (κ3) is 3.38. The van der Waals surface area contributed by atoms with Gasteiger partial charge in [0.2, 0.25) is 0 Å². The van der Waals surface area contributed by atoms with Gasteiger partial charge in [-0.05, 0) is 24.4 Å². The first kappa shape index (κ1) is 9.92. The Morgan fingerprint density at radius 1 is 1.62 bits per heavy atom. The van der Waals surface area contributed by atoms with E-state index in [1.54, 1.807) is 7.05 Å². The Morgan fingerprint density at radius 3 is 2.92 bits per heavy atom. The Balaban J connectivity index is 2.35. The molecule has 1 aliphatic carbocycles. The lowest BCUT2D eigenvalue weighted by molar-refractivity contribution is 0.248. The van der Waals surface area contributed by atoms with Gasteiger partial charge in [0.05, 0.1) is 0 Å². The molecule has 1 aliphatic rings. The van der Waals surface area contributed by atoms with Gasteiger partial charge in [0, 0.05) is 12.0 Å². The molecule has 1 rings (SSSR count). The fraction of sp³-hybridized carbons (Fsp3) is 0.222. The van der Waals surface area contributed by atoms with Gasteiger partial charge < -0.3 is 5.32 Å². The number of allylic oxidation sites excluding steroid dienone is 4. The van der Waals surface area contributed by atoms with E-state index < -0.39 is 0 Å². The first-order valence-corrected chi connectivity index (χ1v) is 4.74. The fourth-order valence-electron chi connectivity index (χ4n) is 0.800. The number of amides is 2. The topological polar surface area (TPSA) is 41.1 Å². The summed E-state index contributed by atoms with van der Waals surface area (Å²) in [4.78, 5) is 11.8. The van der Waals surface area contributed by atoms with Crippen molar-refractivity contribution in [2.45, 2.75) is 6.42 Å². The van der Waals surface area contributed by atoms with Crippen LogP contribution in [0.2, 0.25) is 0 Å². The number of rotatable bonds is 2. The summed E-state index contributed by atoms with van der Waals surface area (Å²) in [5, 5.41) is 2.47. The molecule has 0 atom stereocenters. The van der Waals surface area contributed by atoms with E-state index in [-0.39, 0.29) is 6.03 Å². The third-order valence-corrected chi connectivity index (χ3v) is 2.36. The number of hydrogen-bond donors (Lipinski definition) is 2. The standard InChI is InChI=1S/C9H12N2OS/c1-7-3-5-8(6-4-7)13-11-9(12)10-2/h3,5-6H,1,4H2,2H3,(H2,10,11,12). The maximum absolute atomic E-state index is 10.8. The Bertz CT molecular complexity index is 281. The Hall–Kier alpha value is -1.16. The van der Waals surface area contributed by atoms with Crippen LogP contribution < -0.4 is 10.0 Å². The van der Waals surface area contributed by atoms with Crippen LogP contribution in [-0.4, -0.2) is 13.1 Å². The highest BCUT2D eigenvalue weighted by Crippen LogP contribution is 2.21. The molecule has 0 spiro atoms. The minimum absolute atomic E-state index is 0.191. The zero-order chi connectivity index (χ0) is 9.68. The molecular formula is C9H12N2OS. The number of carbonyl (C=O) groups is 1. The van der Waals surface area contributed by atoms with Crippen molar-refractivity contribution in [3.8, 4) is 0 Å². The summed E-state index contributed by atoms with van der Waals surface area (Å²) in [5.41, 5.74) is 1.09. The van der Waals surface area contributed by atoms with Crippen molar-refractivity contribution >= 4 is 18.0 Å². The zero-order valence-electron chi connectivity index (χ0n) is 7.46. The van der Waals surface area contributed by atoms with E-state index in [2.05, 4.69) is 16.6 Å². The fourth-order valence-corrected chi connectivity index (χ4v) is 1.42. The second kappa shape index (κ2) is 4.77. The second-order valence-corrected chi connectivity index (χ2v) is 3.47. The van der Waals surface area contributed by atoms with Crippen LogP contribution in [0.1, 0.15) is 6.42 Å². The predicted octanol–water partition coefficient (Wildman–Crippen LogP) is 1.96. The van der Waals surface area contributed by atoms with Gasteiger partial charge in [0.25, 0.3) is 0 Å². The van der Waals surface area contributed by atoms with E-state index in [0.717, 1.165) is 16.9 Å². The molecule has 4 heteroatoms. The maximum Gasteiger partial charge on any atom is 0.324 e. The average Bonchev–Trinajstić information content (AvgIpc) is 2.16. The smallest absolute Gasteiger partial charge is 0.324 e. The summed E-state index contributed by atoms with van der Waals surface area (Å²) in [6, 6.07) is -0.191. The molecular weight excluding hydrogens is 184 g/mol. The highest BCUT2D eigenvalue weighted by Gasteiger charge is 2.02. The summed E-state index contributed by atoms with van der Waals surface area (Å²) in [7, 11) is 1.59. The summed E-state index contributed by atoms with van der Waals surface area (Å²) in [6.45, 7) is 3.82. The Morgan fingerprint density at radius 2 is 2.38 bits per heavy atom. The third-order valence-electron chi connectivity index (χ3n) is 1.54. The first-order valence-electron chi connectivity index (χ1n) is 3.93. The van der Waals surface area contributed by atoms with E-state index >= 15 is 0 Å². The van der Waals surface area contributed by atoms with Crippen LogP contribution in [0.4, 0.5) is 4.79 Å². The van der Waals surface area contributed by atoms with Gasteiger partial charge in [-0.15, -0.1) is 0 Å². The molecule has 3 nitrogen and oxygen atoms in total. The van der Waals surface area contributed by atoms with Crippen LogP contribution in [0.3, 0.4) is 0 Å². The molecule has 70 valence electrons. The lowest BCUT2D eigenvalue weighted by Gasteiger charge is -2.07. The van der Waals surface area contributed by atoms with Crippen LogP contribution in [-0.2, 0) is 0 Å². The molecule has 0 saturated carbocycles. The van der Waals surface area contributed by atoms with Crippen molar-refractivity contribution in [3.63, 3.8) is 0 Å². The summed E-state index contributed by atoms with van der Waals surface area (Å²) in [6.07, 6.45) is 6.78. The Labute approximate surface area is 82.1 Å². The van der Waals surface area contributed by atoms with Gasteiger partial charge >= 0.3 is 6.03 Å². The monoisotopic (exact) mass is 196 g/mol. The van der Waals surface area contributed by atoms with E-state index in [1.807, 2.05) is 18.2 Å². The second-order valence-electron chi connectivity index (χ2n) is 2.59. The lowest BCUT2D eigenvalue weighted by atomic mass is 10.1. The highest BCUT2D eigenvalue weighted by atomic mass is 32.2. The van der Waals surface area contributed by atoms with Crippen LogP contribution in [0, 0.1) is 0 Å². The molecule has 0 aliphatic heterocycles. The lowest BCUT2D eigenvalue weighted by Crippen LogP contribution is -2.27. The van der Waals surface area contributed by atoms with Gasteiger partial charge in [-0.25, -0.2) is 4.79 Å². The van der Waals surface area contributed by atoms with Crippen molar-refractivity contribution in [1.29, 1.82) is 0 Å². The molecule has 0 aromatic rings. The summed E-state index contributed by atoms with van der Waals surface area (Å²) >= 11 is 1.30. The van der Waals surface area contributed by atoms with Crippen LogP contribution in [0.15, 0.2) is 35.3 Å². The normalized spacial score (nSPS) is 15.2. The average molecular weight is 196 g/mol. The van der Waals surface area contributed by atoms with E-state index in [1.165, 1.54) is 11.9 Å². The molecule has 0 unspecified atom stereocenters. The number of urea groups is 1. The van der Waals surface area contributed by atoms with Crippen LogP contribution in [0.25, 0.3) is 0 Å². The SMILES string of the molecule is C=C1C=CC(SNC(=O)NC)=CC1. The summed E-state index contributed by atoms with van der Waals surface area (Å²) < 4.78 is 2.63. The quantitative estimate of drug-likeness (QED) is 0.663. The number of carbonyl (C=O) groups excluding carboxylic acids is 1. The summed E-state index contributed by atoms with van der Waals surface area (Å²) in [5.74, 6) is 0. The van der Waals surface area contributed by atoms with Gasteiger partial charge in [0.1, 0.15) is 0 Å². The van der Waals surface area contributed by atoms with Gasteiger partial charge in [0.15, 0.2) is 0 Å². The molecule has 0 radical (unpaired) electrons. The van der Waals surface area contributed by atoms with Crippen molar-refractivity contribution in [1.82, 2.24) is 10.0 Å². The van der Waals surface area contributed by atoms with Crippen molar-refractivity contribution in [2.24, 2.45) is 0 Å². The molecule has 13 heavy (non-hydrogen) atoms. The van der Waals surface area contributed by atoms with Crippen LogP contribution in [0.5, 0.6) is 0 Å². The zero-order valence-corrected chi connectivity index (χ0v) is 8.28. The van der Waals surface area contributed by atoms with Crippen molar-refractivity contribution in [3.05, 3.63) is 35.3 Å². The molecule has 0 aromatic heterocycles. The predicted molar refractivity (Wildman–Crippen MR) is 56.2 cm³/mol. The number of nitrogens with one attached hydrogen (secondary N) is 2. The van der Waals surface area contributed by atoms with E-state index in [9.17, 15) is 4.79 Å². The van der Waals surface area contributed by atoms with Crippen molar-refractivity contribution < 1.29 is 4.79 Å². The molecule has 0 aromatic carbocycles. The first-order chi connectivity index (χ1) is 6.22. The molecule has 2 amide bonds. The largest absolute Gasteiger partial charge is 0.341 e. The minimum atomic E-state index is -0.191. The van der Waals surface area contributed by atoms with Crippen molar-refractivity contribution in [2.75, 3.05) is 7.05 Å². The molecule has 0 heterocycles. The number of hydrogen-bond acceptors (Lipinski definition) is 2. The molecule has 0 saturated heterocycles. The van der Waals surface area contributed by atoms with Gasteiger partial charge in [-0.3, -0.25) is 4.72 Å².